The minimum absolute atomic E-state index is 0.182. The molecule has 1 N–H and O–H groups in total. The van der Waals surface area contributed by atoms with E-state index in [9.17, 15) is 0 Å². The van der Waals surface area contributed by atoms with Gasteiger partial charge in [0.1, 0.15) is 5.82 Å². The molecule has 0 spiro atoms. The van der Waals surface area contributed by atoms with Gasteiger partial charge in [-0.1, -0.05) is 19.1 Å². The first kappa shape index (κ1) is 16.0. The van der Waals surface area contributed by atoms with Crippen molar-refractivity contribution in [3.63, 3.8) is 0 Å². The number of hydrogen-bond acceptors (Lipinski definition) is 3. The second-order valence-corrected chi connectivity index (χ2v) is 5.50. The van der Waals surface area contributed by atoms with E-state index in [1.54, 1.807) is 0 Å². The zero-order chi connectivity index (χ0) is 15.2. The van der Waals surface area contributed by atoms with E-state index < -0.39 is 0 Å². The van der Waals surface area contributed by atoms with Gasteiger partial charge >= 0.3 is 0 Å². The van der Waals surface area contributed by atoms with Gasteiger partial charge in [0.2, 0.25) is 0 Å². The summed E-state index contributed by atoms with van der Waals surface area (Å²) >= 11 is 0. The number of fused-ring (bicyclic) bond motifs is 1. The van der Waals surface area contributed by atoms with Crippen LogP contribution in [0.1, 0.15) is 33.0 Å². The van der Waals surface area contributed by atoms with Crippen LogP contribution >= 0.6 is 0 Å². The van der Waals surface area contributed by atoms with E-state index >= 15 is 0 Å². The fourth-order valence-corrected chi connectivity index (χ4v) is 2.69. The predicted molar refractivity (Wildman–Crippen MR) is 87.6 cm³/mol. The Labute approximate surface area is 127 Å². The summed E-state index contributed by atoms with van der Waals surface area (Å²) in [6.07, 6.45) is 2.19. The van der Waals surface area contributed by atoms with Crippen molar-refractivity contribution in [3.05, 3.63) is 30.1 Å². The summed E-state index contributed by atoms with van der Waals surface area (Å²) in [5.41, 5.74) is 2.25. The topological polar surface area (TPSA) is 39.1 Å². The van der Waals surface area contributed by atoms with Crippen LogP contribution in [0.15, 0.2) is 24.3 Å². The standard InChI is InChI=1S/C17H27N3O/c1-5-11-18-15(13(3)21-6-2)12-17-19-14-9-7-8-10-16(14)20(17)4/h7-10,13,15,18H,5-6,11-12H2,1-4H3. The van der Waals surface area contributed by atoms with Crippen LogP contribution in [0, 0.1) is 0 Å². The van der Waals surface area contributed by atoms with E-state index in [1.807, 2.05) is 13.0 Å². The number of para-hydroxylation sites is 2. The van der Waals surface area contributed by atoms with E-state index in [2.05, 4.69) is 49.0 Å². The highest BCUT2D eigenvalue weighted by Gasteiger charge is 2.20. The number of benzene rings is 1. The smallest absolute Gasteiger partial charge is 0.111 e. The molecule has 1 heterocycles. The Bertz CT molecular complexity index is 564. The van der Waals surface area contributed by atoms with Crippen LogP contribution in [0.3, 0.4) is 0 Å². The monoisotopic (exact) mass is 289 g/mol. The first-order valence-corrected chi connectivity index (χ1v) is 7.92. The molecule has 2 atom stereocenters. The molecule has 2 unspecified atom stereocenters. The quantitative estimate of drug-likeness (QED) is 0.812. The highest BCUT2D eigenvalue weighted by Crippen LogP contribution is 2.16. The minimum Gasteiger partial charge on any atom is -0.377 e. The van der Waals surface area contributed by atoms with Crippen molar-refractivity contribution in [1.29, 1.82) is 0 Å². The Morgan fingerprint density at radius 2 is 2.05 bits per heavy atom. The Morgan fingerprint density at radius 1 is 1.29 bits per heavy atom. The molecule has 0 fully saturated rings. The zero-order valence-corrected chi connectivity index (χ0v) is 13.6. The number of imidazole rings is 1. The number of ether oxygens (including phenoxy) is 1. The number of aryl methyl sites for hydroxylation is 1. The van der Waals surface area contributed by atoms with Crippen molar-refractivity contribution in [2.75, 3.05) is 13.2 Å². The molecule has 116 valence electrons. The van der Waals surface area contributed by atoms with Crippen LogP contribution in [0.4, 0.5) is 0 Å². The maximum atomic E-state index is 5.79. The Morgan fingerprint density at radius 3 is 2.71 bits per heavy atom. The molecule has 2 rings (SSSR count). The van der Waals surface area contributed by atoms with Crippen molar-refractivity contribution in [2.45, 2.75) is 45.8 Å². The molecule has 0 saturated heterocycles. The predicted octanol–water partition coefficient (Wildman–Crippen LogP) is 2.91. The molecule has 2 aromatic rings. The second-order valence-electron chi connectivity index (χ2n) is 5.50. The van der Waals surface area contributed by atoms with Crippen LogP contribution in [-0.2, 0) is 18.2 Å². The minimum atomic E-state index is 0.182. The number of nitrogens with one attached hydrogen (secondary N) is 1. The molecule has 0 bridgehead atoms. The van der Waals surface area contributed by atoms with Gasteiger partial charge in [0.15, 0.2) is 0 Å². The van der Waals surface area contributed by atoms with Crippen LogP contribution in [0.5, 0.6) is 0 Å². The summed E-state index contributed by atoms with van der Waals surface area (Å²) in [4.78, 5) is 4.77. The van der Waals surface area contributed by atoms with Gasteiger partial charge in [-0.2, -0.15) is 0 Å². The maximum absolute atomic E-state index is 5.79. The van der Waals surface area contributed by atoms with E-state index in [0.717, 1.165) is 37.3 Å². The van der Waals surface area contributed by atoms with Gasteiger partial charge in [-0.15, -0.1) is 0 Å². The summed E-state index contributed by atoms with van der Waals surface area (Å²) in [7, 11) is 2.09. The van der Waals surface area contributed by atoms with E-state index in [4.69, 9.17) is 9.72 Å². The molecular formula is C17H27N3O. The average Bonchev–Trinajstić information content (AvgIpc) is 2.80. The molecule has 1 aromatic carbocycles. The fraction of sp³-hybridized carbons (Fsp3) is 0.588. The maximum Gasteiger partial charge on any atom is 0.111 e. The molecule has 0 amide bonds. The lowest BCUT2D eigenvalue weighted by Crippen LogP contribution is -2.42. The van der Waals surface area contributed by atoms with Gasteiger partial charge in [0, 0.05) is 26.1 Å². The lowest BCUT2D eigenvalue weighted by molar-refractivity contribution is 0.0470. The lowest BCUT2D eigenvalue weighted by Gasteiger charge is -2.25. The molecule has 0 aliphatic heterocycles. The largest absolute Gasteiger partial charge is 0.377 e. The van der Waals surface area contributed by atoms with E-state index in [-0.39, 0.29) is 6.10 Å². The van der Waals surface area contributed by atoms with Crippen molar-refractivity contribution >= 4 is 11.0 Å². The summed E-state index contributed by atoms with van der Waals surface area (Å²) in [6, 6.07) is 8.57. The van der Waals surface area contributed by atoms with Gasteiger partial charge < -0.3 is 14.6 Å². The van der Waals surface area contributed by atoms with E-state index in [0.29, 0.717) is 6.04 Å². The van der Waals surface area contributed by atoms with Crippen molar-refractivity contribution in [2.24, 2.45) is 7.05 Å². The Balaban J connectivity index is 2.18. The summed E-state index contributed by atoms with van der Waals surface area (Å²) in [5.74, 6) is 1.11. The van der Waals surface area contributed by atoms with Crippen LogP contribution < -0.4 is 5.32 Å². The molecule has 21 heavy (non-hydrogen) atoms. The number of hydrogen-bond donors (Lipinski definition) is 1. The average molecular weight is 289 g/mol. The highest BCUT2D eigenvalue weighted by atomic mass is 16.5. The third-order valence-electron chi connectivity index (χ3n) is 3.93. The molecule has 1 aromatic heterocycles. The van der Waals surface area contributed by atoms with Crippen LogP contribution in [-0.4, -0.2) is 34.8 Å². The fourth-order valence-electron chi connectivity index (χ4n) is 2.69. The molecule has 0 saturated carbocycles. The lowest BCUT2D eigenvalue weighted by atomic mass is 10.1. The number of aromatic nitrogens is 2. The molecule has 0 aliphatic carbocycles. The first-order valence-electron chi connectivity index (χ1n) is 7.92. The molecule has 4 nitrogen and oxygen atoms in total. The van der Waals surface area contributed by atoms with Crippen LogP contribution in [0.2, 0.25) is 0 Å². The third kappa shape index (κ3) is 3.83. The van der Waals surface area contributed by atoms with Crippen molar-refractivity contribution in [1.82, 2.24) is 14.9 Å². The van der Waals surface area contributed by atoms with Gasteiger partial charge in [0.05, 0.1) is 17.1 Å². The molecular weight excluding hydrogens is 262 g/mol. The van der Waals surface area contributed by atoms with Crippen molar-refractivity contribution in [3.8, 4) is 0 Å². The molecule has 0 radical (unpaired) electrons. The number of nitrogens with zero attached hydrogens (tertiary/aromatic N) is 2. The highest BCUT2D eigenvalue weighted by molar-refractivity contribution is 5.75. The second kappa shape index (κ2) is 7.57. The SMILES string of the molecule is CCCNC(Cc1nc2ccccc2n1C)C(C)OCC. The first-order chi connectivity index (χ1) is 10.2. The Hall–Kier alpha value is -1.39. The Kier molecular flexibility index (Phi) is 5.76. The van der Waals surface area contributed by atoms with Gasteiger partial charge in [-0.05, 0) is 38.9 Å². The summed E-state index contributed by atoms with van der Waals surface area (Å²) in [6.45, 7) is 8.12. The van der Waals surface area contributed by atoms with Gasteiger partial charge in [-0.3, -0.25) is 0 Å². The van der Waals surface area contributed by atoms with Gasteiger partial charge in [0.25, 0.3) is 0 Å². The third-order valence-corrected chi connectivity index (χ3v) is 3.93. The molecule has 4 heteroatoms. The normalized spacial score (nSPS) is 14.5. The van der Waals surface area contributed by atoms with Gasteiger partial charge in [-0.25, -0.2) is 4.98 Å². The van der Waals surface area contributed by atoms with E-state index in [1.165, 1.54) is 5.52 Å². The zero-order valence-electron chi connectivity index (χ0n) is 13.6. The van der Waals surface area contributed by atoms with Crippen molar-refractivity contribution < 1.29 is 4.74 Å². The number of rotatable bonds is 8. The van der Waals surface area contributed by atoms with Crippen LogP contribution in [0.25, 0.3) is 11.0 Å². The summed E-state index contributed by atoms with van der Waals surface area (Å²) < 4.78 is 7.98. The molecule has 0 aliphatic rings. The summed E-state index contributed by atoms with van der Waals surface area (Å²) in [5, 5.41) is 3.60.